The summed E-state index contributed by atoms with van der Waals surface area (Å²) in [7, 11) is 0. The number of hydrogen-bond acceptors (Lipinski definition) is 4. The molecule has 2 aliphatic carbocycles. The summed E-state index contributed by atoms with van der Waals surface area (Å²) in [5, 5.41) is 10.8. The van der Waals surface area contributed by atoms with Crippen LogP contribution in [-0.2, 0) is 14.3 Å². The number of hydrogen-bond donors (Lipinski definition) is 1. The minimum Gasteiger partial charge on any atom is -0.459 e. The first-order valence-electron chi connectivity index (χ1n) is 9.42. The number of esters is 1. The average molecular weight is 360 g/mol. The van der Waals surface area contributed by atoms with Gasteiger partial charge in [0.2, 0.25) is 0 Å². The van der Waals surface area contributed by atoms with E-state index < -0.39 is 17.7 Å². The Morgan fingerprint density at radius 3 is 2.58 bits per heavy atom. The maximum absolute atomic E-state index is 12.3. The van der Waals surface area contributed by atoms with Gasteiger partial charge in [-0.05, 0) is 81.9 Å². The molecule has 0 aliphatic heterocycles. The van der Waals surface area contributed by atoms with Crippen LogP contribution in [0.25, 0.3) is 0 Å². The number of allylic oxidation sites excluding steroid dienone is 5. The predicted octanol–water partition coefficient (Wildman–Crippen LogP) is 4.14. The summed E-state index contributed by atoms with van der Waals surface area (Å²) in [6, 6.07) is 0. The Morgan fingerprint density at radius 2 is 2.00 bits per heavy atom. The highest BCUT2D eigenvalue weighted by atomic mass is 16.6. The van der Waals surface area contributed by atoms with Crippen LogP contribution < -0.4 is 0 Å². The lowest BCUT2D eigenvalue weighted by atomic mass is 9.89. The van der Waals surface area contributed by atoms with Gasteiger partial charge >= 0.3 is 5.97 Å². The predicted molar refractivity (Wildman–Crippen MR) is 102 cm³/mol. The third kappa shape index (κ3) is 4.53. The van der Waals surface area contributed by atoms with Crippen LogP contribution >= 0.6 is 0 Å². The molecule has 1 N–H and O–H groups in total. The average Bonchev–Trinajstić information content (AvgIpc) is 3.05. The van der Waals surface area contributed by atoms with Gasteiger partial charge in [0.05, 0.1) is 0 Å². The number of ketones is 1. The van der Waals surface area contributed by atoms with Gasteiger partial charge in [-0.3, -0.25) is 9.59 Å². The molecule has 2 rings (SSSR count). The first-order valence-corrected chi connectivity index (χ1v) is 9.42. The fourth-order valence-corrected chi connectivity index (χ4v) is 4.12. The second-order valence-corrected chi connectivity index (χ2v) is 8.57. The van der Waals surface area contributed by atoms with Gasteiger partial charge in [-0.15, -0.1) is 0 Å². The molecule has 0 spiro atoms. The molecular formula is C22H32O4. The van der Waals surface area contributed by atoms with Crippen LogP contribution in [0.3, 0.4) is 0 Å². The maximum Gasteiger partial charge on any atom is 0.303 e. The van der Waals surface area contributed by atoms with Gasteiger partial charge in [-0.2, -0.15) is 0 Å². The quantitative estimate of drug-likeness (QED) is 0.604. The van der Waals surface area contributed by atoms with Crippen molar-refractivity contribution in [1.82, 2.24) is 0 Å². The summed E-state index contributed by atoms with van der Waals surface area (Å²) in [5.41, 5.74) is 0.690. The van der Waals surface area contributed by atoms with Crippen molar-refractivity contribution < 1.29 is 19.4 Å². The van der Waals surface area contributed by atoms with Gasteiger partial charge in [0.25, 0.3) is 0 Å². The Hall–Kier alpha value is -1.68. The smallest absolute Gasteiger partial charge is 0.303 e. The normalized spacial score (nSPS) is 39.9. The lowest BCUT2D eigenvalue weighted by Crippen LogP contribution is -2.41. The van der Waals surface area contributed by atoms with E-state index >= 15 is 0 Å². The maximum atomic E-state index is 12.3. The lowest BCUT2D eigenvalue weighted by molar-refractivity contribution is -0.157. The van der Waals surface area contributed by atoms with E-state index in [1.807, 2.05) is 6.92 Å². The van der Waals surface area contributed by atoms with Crippen molar-refractivity contribution in [2.24, 2.45) is 17.3 Å². The zero-order chi connectivity index (χ0) is 19.7. The van der Waals surface area contributed by atoms with E-state index in [0.717, 1.165) is 12.8 Å². The second-order valence-electron chi connectivity index (χ2n) is 8.57. The summed E-state index contributed by atoms with van der Waals surface area (Å²) >= 11 is 0. The largest absolute Gasteiger partial charge is 0.459 e. The number of carbonyl (C=O) groups is 2. The number of ether oxygens (including phenoxy) is 1. The van der Waals surface area contributed by atoms with Crippen LogP contribution in [0.4, 0.5) is 0 Å². The molecule has 0 heterocycles. The molecule has 0 saturated heterocycles. The summed E-state index contributed by atoms with van der Waals surface area (Å²) in [4.78, 5) is 23.9. The molecule has 0 amide bonds. The fourth-order valence-electron chi connectivity index (χ4n) is 4.12. The van der Waals surface area contributed by atoms with Gasteiger partial charge in [0.1, 0.15) is 11.7 Å². The molecule has 1 saturated carbocycles. The fraction of sp³-hybridized carbons (Fsp3) is 0.636. The van der Waals surface area contributed by atoms with E-state index in [1.54, 1.807) is 6.92 Å². The number of carbonyl (C=O) groups excluding carboxylic acids is 2. The summed E-state index contributed by atoms with van der Waals surface area (Å²) in [5.74, 6) is 0.0174. The molecule has 0 unspecified atom stereocenters. The molecule has 144 valence electrons. The lowest BCUT2D eigenvalue weighted by Gasteiger charge is -2.30. The van der Waals surface area contributed by atoms with Crippen LogP contribution in [-0.4, -0.2) is 28.6 Å². The minimum absolute atomic E-state index is 0.0479. The summed E-state index contributed by atoms with van der Waals surface area (Å²) in [6.07, 6.45) is 9.09. The molecular weight excluding hydrogens is 328 g/mol. The van der Waals surface area contributed by atoms with Gasteiger partial charge in [-0.25, -0.2) is 0 Å². The van der Waals surface area contributed by atoms with E-state index in [2.05, 4.69) is 32.9 Å². The van der Waals surface area contributed by atoms with E-state index in [9.17, 15) is 14.7 Å². The van der Waals surface area contributed by atoms with Gasteiger partial charge in [0.15, 0.2) is 5.78 Å². The number of aliphatic hydroxyl groups is 1. The molecule has 0 bridgehead atoms. The molecule has 0 aromatic heterocycles. The molecule has 0 radical (unpaired) electrons. The van der Waals surface area contributed by atoms with Crippen LogP contribution in [0.1, 0.15) is 60.8 Å². The molecule has 5 atom stereocenters. The highest BCUT2D eigenvalue weighted by Crippen LogP contribution is 2.65. The first kappa shape index (κ1) is 20.6. The van der Waals surface area contributed by atoms with Crippen molar-refractivity contribution in [1.29, 1.82) is 0 Å². The summed E-state index contributed by atoms with van der Waals surface area (Å²) in [6.45, 7) is 11.2. The van der Waals surface area contributed by atoms with Crippen molar-refractivity contribution >= 4 is 11.8 Å². The molecule has 0 aromatic rings. The van der Waals surface area contributed by atoms with Crippen molar-refractivity contribution in [2.45, 2.75) is 72.5 Å². The van der Waals surface area contributed by atoms with E-state index in [4.69, 9.17) is 4.74 Å². The Balaban J connectivity index is 2.33. The van der Waals surface area contributed by atoms with Crippen molar-refractivity contribution in [3.05, 3.63) is 35.5 Å². The standard InChI is InChI=1S/C22H32O4/c1-14(2)8-7-10-21(5)17-12-15(3)19(24)9-11-22(6,25)20(13-18(17)21)26-16(4)23/h8-9,11-12,17-18,20,25H,7,10,13H2,1-6H3/b11-9+,15-12-/t17-,18-,20+,21-,22-/m0/s1. The first-order chi connectivity index (χ1) is 12.0. The molecule has 2 aliphatic rings. The van der Waals surface area contributed by atoms with Crippen molar-refractivity contribution in [3.63, 3.8) is 0 Å². The second kappa shape index (κ2) is 7.51. The van der Waals surface area contributed by atoms with Crippen LogP contribution in [0.5, 0.6) is 0 Å². The van der Waals surface area contributed by atoms with Crippen LogP contribution in [0.2, 0.25) is 0 Å². The Kier molecular flexibility index (Phi) is 5.96. The van der Waals surface area contributed by atoms with E-state index in [1.165, 1.54) is 24.6 Å². The van der Waals surface area contributed by atoms with E-state index in [-0.39, 0.29) is 23.0 Å². The third-order valence-corrected chi connectivity index (χ3v) is 5.99. The van der Waals surface area contributed by atoms with Crippen LogP contribution in [0, 0.1) is 17.3 Å². The van der Waals surface area contributed by atoms with Gasteiger partial charge < -0.3 is 9.84 Å². The minimum atomic E-state index is -1.37. The zero-order valence-corrected chi connectivity index (χ0v) is 16.8. The van der Waals surface area contributed by atoms with E-state index in [0.29, 0.717) is 12.0 Å². The Morgan fingerprint density at radius 1 is 1.35 bits per heavy atom. The molecule has 4 heteroatoms. The topological polar surface area (TPSA) is 63.6 Å². The monoisotopic (exact) mass is 360 g/mol. The Bertz CT molecular complexity index is 664. The third-order valence-electron chi connectivity index (χ3n) is 5.99. The zero-order valence-electron chi connectivity index (χ0n) is 16.8. The van der Waals surface area contributed by atoms with Gasteiger partial charge in [0, 0.05) is 6.92 Å². The molecule has 4 nitrogen and oxygen atoms in total. The summed E-state index contributed by atoms with van der Waals surface area (Å²) < 4.78 is 5.45. The molecule has 0 aromatic carbocycles. The van der Waals surface area contributed by atoms with Gasteiger partial charge in [-0.1, -0.05) is 24.6 Å². The SMILES string of the molecule is CC(=O)O[C@@H]1C[C@H]2[C@H](/C=C(/C)C(=O)/C=C/[C@]1(C)O)[C@]2(C)CCC=C(C)C. The van der Waals surface area contributed by atoms with Crippen molar-refractivity contribution in [2.75, 3.05) is 0 Å². The molecule has 1 fully saturated rings. The van der Waals surface area contributed by atoms with Crippen LogP contribution in [0.15, 0.2) is 35.5 Å². The number of rotatable bonds is 4. The highest BCUT2D eigenvalue weighted by Gasteiger charge is 2.60. The highest BCUT2D eigenvalue weighted by molar-refractivity contribution is 6.03. The van der Waals surface area contributed by atoms with Crippen molar-refractivity contribution in [3.8, 4) is 0 Å². The number of fused-ring (bicyclic) bond motifs is 1. The molecule has 26 heavy (non-hydrogen) atoms. The Labute approximate surface area is 157 Å².